The van der Waals surface area contributed by atoms with Gasteiger partial charge in [0.25, 0.3) is 0 Å². The van der Waals surface area contributed by atoms with Gasteiger partial charge in [-0.1, -0.05) is 51.0 Å². The van der Waals surface area contributed by atoms with Gasteiger partial charge in [0.05, 0.1) is 12.2 Å². The van der Waals surface area contributed by atoms with Crippen LogP contribution in [-0.4, -0.2) is 111 Å². The van der Waals surface area contributed by atoms with Crippen LogP contribution in [0.15, 0.2) is 64.7 Å². The molecule has 0 aromatic heterocycles. The molecule has 6 rings (SSSR count). The Morgan fingerprint density at radius 2 is 1.62 bits per heavy atom. The molecule has 2 aromatic rings. The van der Waals surface area contributed by atoms with Crippen LogP contribution in [0.5, 0.6) is 0 Å². The molecule has 2 saturated heterocycles. The van der Waals surface area contributed by atoms with E-state index in [2.05, 4.69) is 55.8 Å². The second kappa shape index (κ2) is 26.4. The van der Waals surface area contributed by atoms with Crippen molar-refractivity contribution in [1.82, 2.24) is 9.80 Å². The van der Waals surface area contributed by atoms with Gasteiger partial charge in [-0.3, -0.25) is 9.79 Å². The number of nitrogens with zero attached hydrogens (tertiary/aromatic N) is 5. The van der Waals surface area contributed by atoms with Crippen molar-refractivity contribution >= 4 is 47.2 Å². The van der Waals surface area contributed by atoms with Gasteiger partial charge in [-0.15, -0.1) is 0 Å². The number of piperazine rings is 1. The minimum Gasteiger partial charge on any atom is -0.368 e. The van der Waals surface area contributed by atoms with Crippen LogP contribution in [0.25, 0.3) is 5.70 Å². The summed E-state index contributed by atoms with van der Waals surface area (Å²) in [4.78, 5) is 39.0. The summed E-state index contributed by atoms with van der Waals surface area (Å²) in [7, 11) is 3.00. The number of nitrogens with two attached hydrogens (primary N) is 2. The molecule has 2 aromatic carbocycles. The molecule has 292 valence electrons. The summed E-state index contributed by atoms with van der Waals surface area (Å²) in [5.41, 5.74) is 13.8. The van der Waals surface area contributed by atoms with Crippen LogP contribution >= 0.6 is 0 Å². The molecule has 0 saturated carbocycles. The number of unbranched alkanes of at least 4 members (excludes halogenated alkanes) is 4. The number of aldehydes is 1. The Bertz CT molecular complexity index is 1430. The molecule has 4 heterocycles. The predicted molar refractivity (Wildman–Crippen MR) is 219 cm³/mol. The summed E-state index contributed by atoms with van der Waals surface area (Å²) in [6.07, 6.45) is 12.0. The van der Waals surface area contributed by atoms with E-state index in [0.717, 1.165) is 137 Å². The number of aliphatic imine (C=N–C) groups is 2. The molecule has 4 aliphatic rings. The highest BCUT2D eigenvalue weighted by Gasteiger charge is 2.26. The maximum Gasteiger partial charge on any atom is 0.222 e. The van der Waals surface area contributed by atoms with E-state index in [0.29, 0.717) is 12.8 Å². The van der Waals surface area contributed by atoms with Crippen LogP contribution in [0.1, 0.15) is 82.8 Å². The van der Waals surface area contributed by atoms with E-state index >= 15 is 0 Å². The number of anilines is 2. The summed E-state index contributed by atoms with van der Waals surface area (Å²) in [6, 6.07) is 16.2. The number of carbonyl (C=O) groups excluding carboxylic acids is 2. The average Bonchev–Trinajstić information content (AvgIpc) is 3.72. The molecule has 13 nitrogen and oxygen atoms in total. The van der Waals surface area contributed by atoms with E-state index in [1.54, 1.807) is 0 Å². The molecule has 7 N–H and O–H groups in total. The quantitative estimate of drug-likeness (QED) is 0.119. The third-order valence-corrected chi connectivity index (χ3v) is 8.72. The monoisotopic (exact) mass is 734 g/mol. The number of amidine groups is 2. The van der Waals surface area contributed by atoms with Gasteiger partial charge in [0.1, 0.15) is 6.29 Å². The molecular formula is C40H63N9O4. The highest BCUT2D eigenvalue weighted by molar-refractivity contribution is 6.46. The van der Waals surface area contributed by atoms with Gasteiger partial charge < -0.3 is 51.5 Å². The zero-order valence-corrected chi connectivity index (χ0v) is 32.3. The van der Waals surface area contributed by atoms with Gasteiger partial charge in [-0.2, -0.15) is 0 Å². The fourth-order valence-electron chi connectivity index (χ4n) is 5.96. The molecule has 0 bridgehead atoms. The van der Waals surface area contributed by atoms with Crippen molar-refractivity contribution in [2.75, 3.05) is 70.2 Å². The molecule has 0 radical (unpaired) electrons. The third kappa shape index (κ3) is 14.8. The van der Waals surface area contributed by atoms with Crippen LogP contribution in [0.3, 0.4) is 0 Å². The lowest BCUT2D eigenvalue weighted by Gasteiger charge is -2.36. The van der Waals surface area contributed by atoms with Gasteiger partial charge in [0.15, 0.2) is 18.0 Å². The molecule has 0 spiro atoms. The largest absolute Gasteiger partial charge is 0.368 e. The number of nitrogens with one attached hydrogen (secondary N) is 2. The van der Waals surface area contributed by atoms with Crippen LogP contribution in [-0.2, 0) is 14.3 Å². The molecule has 53 heavy (non-hydrogen) atoms. The number of benzene rings is 2. The number of aliphatic hydroxyl groups excluding tert-OH is 1. The van der Waals surface area contributed by atoms with Crippen molar-refractivity contribution in [1.29, 1.82) is 5.41 Å². The molecule has 1 amide bonds. The lowest BCUT2D eigenvalue weighted by atomic mass is 10.1. The van der Waals surface area contributed by atoms with Crippen molar-refractivity contribution in [2.24, 2.45) is 21.5 Å². The molecule has 0 aliphatic carbocycles. The van der Waals surface area contributed by atoms with E-state index in [1.807, 2.05) is 49.2 Å². The van der Waals surface area contributed by atoms with Gasteiger partial charge in [-0.05, 0) is 76.0 Å². The molecule has 1 atom stereocenters. The van der Waals surface area contributed by atoms with E-state index < -0.39 is 6.29 Å². The van der Waals surface area contributed by atoms with Crippen LogP contribution in [0.2, 0.25) is 0 Å². The number of ether oxygens (including phenoxy) is 1. The van der Waals surface area contributed by atoms with Crippen LogP contribution < -0.4 is 21.7 Å². The number of hydrogen-bond acceptors (Lipinski definition) is 12. The first kappa shape index (κ1) is 44.7. The smallest absolute Gasteiger partial charge is 0.222 e. The normalized spacial score (nSPS) is 17.2. The first-order valence-corrected chi connectivity index (χ1v) is 19.1. The Balaban J connectivity index is 0.000000647. The molecular weight excluding hydrogens is 670 g/mol. The Kier molecular flexibility index (Phi) is 22.2. The second-order valence-corrected chi connectivity index (χ2v) is 12.1. The third-order valence-electron chi connectivity index (χ3n) is 8.72. The number of aliphatic hydroxyl groups is 1. The van der Waals surface area contributed by atoms with E-state index in [-0.39, 0.29) is 5.91 Å². The lowest BCUT2D eigenvalue weighted by Crippen LogP contribution is -2.48. The zero-order valence-electron chi connectivity index (χ0n) is 32.3. The van der Waals surface area contributed by atoms with Gasteiger partial charge in [0, 0.05) is 81.5 Å². The van der Waals surface area contributed by atoms with Crippen LogP contribution in [0.4, 0.5) is 11.4 Å². The molecule has 13 heteroatoms. The number of carbonyl (C=O) groups is 2. The Labute approximate surface area is 316 Å². The Hall–Kier alpha value is -4.43. The van der Waals surface area contributed by atoms with E-state index in [1.165, 1.54) is 20.3 Å². The highest BCUT2D eigenvalue weighted by atomic mass is 16.6. The van der Waals surface area contributed by atoms with E-state index in [4.69, 9.17) is 20.2 Å². The molecule has 4 aliphatic heterocycles. The van der Waals surface area contributed by atoms with Crippen molar-refractivity contribution in [3.63, 3.8) is 0 Å². The number of hydrogen-bond donors (Lipinski definition) is 5. The second-order valence-electron chi connectivity index (χ2n) is 12.1. The number of amides is 1. The summed E-state index contributed by atoms with van der Waals surface area (Å²) in [5.74, 6) is 1.83. The highest BCUT2D eigenvalue weighted by Crippen LogP contribution is 2.26. The summed E-state index contributed by atoms with van der Waals surface area (Å²) >= 11 is 0. The van der Waals surface area contributed by atoms with Crippen molar-refractivity contribution in [3.05, 3.63) is 65.9 Å². The minimum absolute atomic E-state index is 0.241. The number of rotatable bonds is 11. The fraction of sp³-hybridized carbons (Fsp3) is 0.525. The minimum atomic E-state index is -0.464. The number of fused-ring (bicyclic) bond motifs is 1. The summed E-state index contributed by atoms with van der Waals surface area (Å²) < 4.78 is 4.83. The standard InChI is InChI=1S/C31H37N7O2.C5H10O2.C2H6.2CH5N/c32-22-24-7-9-25(10-8-24)28-23-38-16-15-33-31(38)30(35-28)34-26-11-13-27(14-12-26)36-17-19-37(20-18-36)29(40)6-4-2-1-3-5-21-39;6-5-3-1-2-4-7-5;3*1-2/h7-14,21-23,32H,1-6,15-20H2,(H,34,35);5-6H,1-4H2;1-2H3;2*2H2,1H3. The average molecular weight is 734 g/mol. The van der Waals surface area contributed by atoms with E-state index in [9.17, 15) is 9.59 Å². The molecule has 1 unspecified atom stereocenters. The predicted octanol–water partition coefficient (Wildman–Crippen LogP) is 5.09. The lowest BCUT2D eigenvalue weighted by molar-refractivity contribution is -0.131. The SMILES string of the molecule is CC.CN.CN.N=Cc1ccc(C2=CN3CCN=C3C(Nc3ccc(N4CCN(C(=O)CCCCCCC=O)CC4)cc3)=N2)cc1.OC1CCCCO1. The zero-order chi connectivity index (χ0) is 38.8. The van der Waals surface area contributed by atoms with Gasteiger partial charge in [0.2, 0.25) is 5.91 Å². The fourth-order valence-corrected chi connectivity index (χ4v) is 5.96. The van der Waals surface area contributed by atoms with Crippen molar-refractivity contribution < 1.29 is 19.4 Å². The van der Waals surface area contributed by atoms with Crippen molar-refractivity contribution in [3.8, 4) is 0 Å². The summed E-state index contributed by atoms with van der Waals surface area (Å²) in [5, 5.41) is 19.6. The first-order valence-electron chi connectivity index (χ1n) is 19.1. The maximum absolute atomic E-state index is 12.6. The van der Waals surface area contributed by atoms with Gasteiger partial charge >= 0.3 is 0 Å². The summed E-state index contributed by atoms with van der Waals surface area (Å²) in [6.45, 7) is 9.43. The maximum atomic E-state index is 12.6. The first-order chi connectivity index (χ1) is 26.0. The van der Waals surface area contributed by atoms with Crippen molar-refractivity contribution in [2.45, 2.75) is 77.9 Å². The topological polar surface area (TPSA) is 186 Å². The Morgan fingerprint density at radius 3 is 2.21 bits per heavy atom. The Morgan fingerprint density at radius 1 is 0.943 bits per heavy atom. The van der Waals surface area contributed by atoms with Crippen LogP contribution in [0, 0.1) is 5.41 Å². The van der Waals surface area contributed by atoms with Gasteiger partial charge in [-0.25, -0.2) is 4.99 Å². The molecule has 2 fully saturated rings.